The molecule has 1 aliphatic rings. The molecule has 0 spiro atoms. The Hall–Kier alpha value is -1.26. The topological polar surface area (TPSA) is 55.8 Å². The van der Waals surface area contributed by atoms with Gasteiger partial charge in [0.2, 0.25) is 0 Å². The van der Waals surface area contributed by atoms with Gasteiger partial charge in [-0.15, -0.1) is 0 Å². The Morgan fingerprint density at radius 1 is 1.30 bits per heavy atom. The van der Waals surface area contributed by atoms with E-state index in [1.165, 1.54) is 7.11 Å². The predicted molar refractivity (Wildman–Crippen MR) is 76.4 cm³/mol. The third kappa shape index (κ3) is 4.12. The molecule has 1 aliphatic heterocycles. The normalized spacial score (nSPS) is 23.4. The van der Waals surface area contributed by atoms with E-state index < -0.39 is 11.0 Å². The van der Waals surface area contributed by atoms with Crippen LogP contribution in [0.2, 0.25) is 0 Å². The van der Waals surface area contributed by atoms with Crippen LogP contribution < -0.4 is 0 Å². The minimum Gasteiger partial charge on any atom is -0.469 e. The zero-order valence-electron chi connectivity index (χ0n) is 13.3. The molecule has 5 heteroatoms. The van der Waals surface area contributed by atoms with Gasteiger partial charge in [-0.05, 0) is 40.0 Å². The number of hydrogen-bond donors (Lipinski definition) is 0. The van der Waals surface area contributed by atoms with Gasteiger partial charge in [-0.25, -0.2) is 4.79 Å². The average Bonchev–Trinajstić information content (AvgIpc) is 2.36. The van der Waals surface area contributed by atoms with Gasteiger partial charge in [-0.3, -0.25) is 4.79 Å². The molecular formula is C15H27NO4. The molecule has 0 aromatic rings. The van der Waals surface area contributed by atoms with Gasteiger partial charge < -0.3 is 14.4 Å². The van der Waals surface area contributed by atoms with Crippen molar-refractivity contribution in [3.63, 3.8) is 0 Å². The summed E-state index contributed by atoms with van der Waals surface area (Å²) < 4.78 is 10.4. The molecule has 1 rings (SSSR count). The lowest BCUT2D eigenvalue weighted by Gasteiger charge is -2.40. The lowest BCUT2D eigenvalue weighted by Crippen LogP contribution is -2.51. The molecule has 1 amide bonds. The number of ether oxygens (including phenoxy) is 2. The van der Waals surface area contributed by atoms with Gasteiger partial charge in [0.15, 0.2) is 0 Å². The number of esters is 1. The molecule has 0 aliphatic carbocycles. The van der Waals surface area contributed by atoms with E-state index in [0.29, 0.717) is 13.1 Å². The number of rotatable bonds is 3. The molecule has 20 heavy (non-hydrogen) atoms. The van der Waals surface area contributed by atoms with Crippen molar-refractivity contribution in [3.8, 4) is 0 Å². The Morgan fingerprint density at radius 3 is 2.45 bits per heavy atom. The summed E-state index contributed by atoms with van der Waals surface area (Å²) in [4.78, 5) is 25.9. The third-order valence-electron chi connectivity index (χ3n) is 3.58. The van der Waals surface area contributed by atoms with Crippen LogP contribution >= 0.6 is 0 Å². The Labute approximate surface area is 121 Å². The number of carbonyl (C=O) groups excluding carboxylic acids is 2. The van der Waals surface area contributed by atoms with Crippen molar-refractivity contribution in [2.75, 3.05) is 20.2 Å². The molecule has 1 atom stereocenters. The summed E-state index contributed by atoms with van der Waals surface area (Å²) in [5, 5.41) is 0. The van der Waals surface area contributed by atoms with Gasteiger partial charge in [0.1, 0.15) is 5.60 Å². The van der Waals surface area contributed by atoms with Gasteiger partial charge in [0.25, 0.3) is 0 Å². The number of amides is 1. The van der Waals surface area contributed by atoms with Crippen molar-refractivity contribution in [2.24, 2.45) is 5.41 Å². The van der Waals surface area contributed by atoms with Crippen LogP contribution in [0.1, 0.15) is 53.4 Å². The van der Waals surface area contributed by atoms with E-state index in [1.807, 2.05) is 27.7 Å². The monoisotopic (exact) mass is 285 g/mol. The maximum atomic E-state index is 12.2. The summed E-state index contributed by atoms with van der Waals surface area (Å²) in [6, 6.07) is 0. The summed E-state index contributed by atoms with van der Waals surface area (Å²) >= 11 is 0. The first-order valence-electron chi connectivity index (χ1n) is 7.30. The van der Waals surface area contributed by atoms with E-state index >= 15 is 0 Å². The van der Waals surface area contributed by atoms with Crippen molar-refractivity contribution in [1.29, 1.82) is 0 Å². The first-order chi connectivity index (χ1) is 9.24. The molecule has 1 saturated heterocycles. The van der Waals surface area contributed by atoms with E-state index in [0.717, 1.165) is 25.7 Å². The maximum Gasteiger partial charge on any atom is 0.410 e. The standard InChI is InChI=1S/C15H27NO4/c1-6-8-15(12(17)19-5)9-7-10-16(11-15)13(18)20-14(2,3)4/h6-11H2,1-5H3. The highest BCUT2D eigenvalue weighted by Gasteiger charge is 2.44. The van der Waals surface area contributed by atoms with Crippen LogP contribution in [-0.2, 0) is 14.3 Å². The Balaban J connectivity index is 2.82. The van der Waals surface area contributed by atoms with Crippen molar-refractivity contribution in [2.45, 2.75) is 59.0 Å². The summed E-state index contributed by atoms with van der Waals surface area (Å²) in [7, 11) is 1.41. The molecule has 5 nitrogen and oxygen atoms in total. The lowest BCUT2D eigenvalue weighted by atomic mass is 9.76. The summed E-state index contributed by atoms with van der Waals surface area (Å²) in [6.45, 7) is 8.59. The average molecular weight is 285 g/mol. The van der Waals surface area contributed by atoms with Crippen LogP contribution in [0, 0.1) is 5.41 Å². The van der Waals surface area contributed by atoms with E-state index in [4.69, 9.17) is 9.47 Å². The van der Waals surface area contributed by atoms with Crippen molar-refractivity contribution < 1.29 is 19.1 Å². The maximum absolute atomic E-state index is 12.2. The van der Waals surface area contributed by atoms with Gasteiger partial charge in [0, 0.05) is 13.1 Å². The van der Waals surface area contributed by atoms with E-state index in [-0.39, 0.29) is 12.1 Å². The summed E-state index contributed by atoms with van der Waals surface area (Å²) in [5.74, 6) is -0.215. The summed E-state index contributed by atoms with van der Waals surface area (Å²) in [5.41, 5.74) is -1.09. The number of piperidine rings is 1. The van der Waals surface area contributed by atoms with E-state index in [2.05, 4.69) is 0 Å². The zero-order valence-corrected chi connectivity index (χ0v) is 13.3. The van der Waals surface area contributed by atoms with Gasteiger partial charge in [-0.2, -0.15) is 0 Å². The largest absolute Gasteiger partial charge is 0.469 e. The fourth-order valence-electron chi connectivity index (χ4n) is 2.78. The number of carbonyl (C=O) groups is 2. The van der Waals surface area contributed by atoms with Crippen LogP contribution in [0.5, 0.6) is 0 Å². The quantitative estimate of drug-likeness (QED) is 0.748. The smallest absolute Gasteiger partial charge is 0.410 e. The molecule has 0 aromatic carbocycles. The Morgan fingerprint density at radius 2 is 1.95 bits per heavy atom. The fourth-order valence-corrected chi connectivity index (χ4v) is 2.78. The molecule has 0 radical (unpaired) electrons. The first-order valence-corrected chi connectivity index (χ1v) is 7.30. The van der Waals surface area contributed by atoms with E-state index in [1.54, 1.807) is 4.90 Å². The van der Waals surface area contributed by atoms with Crippen molar-refractivity contribution >= 4 is 12.1 Å². The zero-order chi connectivity index (χ0) is 15.4. The van der Waals surface area contributed by atoms with Crippen LogP contribution in [0.15, 0.2) is 0 Å². The Kier molecular flexibility index (Phi) is 5.42. The number of hydrogen-bond acceptors (Lipinski definition) is 4. The molecule has 116 valence electrons. The van der Waals surface area contributed by atoms with Gasteiger partial charge in [-0.1, -0.05) is 13.3 Å². The molecule has 1 unspecified atom stereocenters. The second-order valence-electron chi connectivity index (χ2n) is 6.53. The van der Waals surface area contributed by atoms with Crippen LogP contribution in [0.3, 0.4) is 0 Å². The highest BCUT2D eigenvalue weighted by Crippen LogP contribution is 2.36. The molecular weight excluding hydrogens is 258 g/mol. The van der Waals surface area contributed by atoms with Crippen molar-refractivity contribution in [3.05, 3.63) is 0 Å². The third-order valence-corrected chi connectivity index (χ3v) is 3.58. The minimum atomic E-state index is -0.571. The highest BCUT2D eigenvalue weighted by molar-refractivity contribution is 5.78. The fraction of sp³-hybridized carbons (Fsp3) is 0.867. The van der Waals surface area contributed by atoms with E-state index in [9.17, 15) is 9.59 Å². The SMILES string of the molecule is CCCC1(C(=O)OC)CCCN(C(=O)OC(C)(C)C)C1. The van der Waals surface area contributed by atoms with Crippen LogP contribution in [0.4, 0.5) is 4.79 Å². The predicted octanol–water partition coefficient (Wildman–Crippen LogP) is 2.98. The van der Waals surface area contributed by atoms with Crippen LogP contribution in [-0.4, -0.2) is 42.8 Å². The van der Waals surface area contributed by atoms with Gasteiger partial charge >= 0.3 is 12.1 Å². The van der Waals surface area contributed by atoms with Crippen LogP contribution in [0.25, 0.3) is 0 Å². The summed E-state index contributed by atoms with van der Waals surface area (Å²) in [6.07, 6.45) is 2.85. The second-order valence-corrected chi connectivity index (χ2v) is 6.53. The molecule has 0 bridgehead atoms. The Bertz CT molecular complexity index is 357. The second kappa shape index (κ2) is 6.46. The van der Waals surface area contributed by atoms with Crippen molar-refractivity contribution in [1.82, 2.24) is 4.90 Å². The molecule has 0 aromatic heterocycles. The minimum absolute atomic E-state index is 0.215. The number of nitrogens with zero attached hydrogens (tertiary/aromatic N) is 1. The van der Waals surface area contributed by atoms with Gasteiger partial charge in [0.05, 0.1) is 12.5 Å². The molecule has 0 saturated carbocycles. The molecule has 1 heterocycles. The lowest BCUT2D eigenvalue weighted by molar-refractivity contribution is -0.156. The molecule has 0 N–H and O–H groups in total. The number of methoxy groups -OCH3 is 1. The highest BCUT2D eigenvalue weighted by atomic mass is 16.6. The molecule has 1 fully saturated rings. The first kappa shape index (κ1) is 16.8. The number of likely N-dealkylation sites (tertiary alicyclic amines) is 1.